The lowest BCUT2D eigenvalue weighted by Crippen LogP contribution is -2.36. The van der Waals surface area contributed by atoms with Gasteiger partial charge in [0.25, 0.3) is 5.91 Å². The van der Waals surface area contributed by atoms with Crippen LogP contribution in [-0.2, 0) is 24.2 Å². The van der Waals surface area contributed by atoms with Crippen molar-refractivity contribution in [3.8, 4) is 5.75 Å². The average Bonchev–Trinajstić information content (AvgIpc) is 2.62. The fourth-order valence-electron chi connectivity index (χ4n) is 3.31. The topological polar surface area (TPSA) is 64.1 Å². The van der Waals surface area contributed by atoms with E-state index in [2.05, 4.69) is 15.3 Å². The van der Waals surface area contributed by atoms with Crippen molar-refractivity contribution in [2.45, 2.75) is 66.0 Å². The third kappa shape index (κ3) is 4.21. The highest BCUT2D eigenvalue weighted by Gasteiger charge is 2.18. The second-order valence-electron chi connectivity index (χ2n) is 7.10. The number of nitrogens with one attached hydrogen (secondary N) is 1. The number of fused-ring (bicyclic) bond motifs is 1. The van der Waals surface area contributed by atoms with Gasteiger partial charge in [-0.25, -0.2) is 9.97 Å². The number of nitrogens with zero attached hydrogens (tertiary/aromatic N) is 2. The fraction of sp³-hybridized carbons (Fsp3) is 0.476. The van der Waals surface area contributed by atoms with Crippen LogP contribution in [-0.4, -0.2) is 22.0 Å². The van der Waals surface area contributed by atoms with Crippen LogP contribution in [0.5, 0.6) is 5.75 Å². The summed E-state index contributed by atoms with van der Waals surface area (Å²) in [6.07, 6.45) is 3.88. The van der Waals surface area contributed by atoms with Crippen LogP contribution in [0, 0.1) is 20.8 Å². The van der Waals surface area contributed by atoms with E-state index < -0.39 is 6.10 Å². The molecule has 0 radical (unpaired) electrons. The van der Waals surface area contributed by atoms with Crippen molar-refractivity contribution in [3.63, 3.8) is 0 Å². The Bertz CT molecular complexity index is 817. The lowest BCUT2D eigenvalue weighted by atomic mass is 9.95. The Labute approximate surface area is 155 Å². The molecule has 0 saturated heterocycles. The van der Waals surface area contributed by atoms with Crippen molar-refractivity contribution in [1.29, 1.82) is 0 Å². The van der Waals surface area contributed by atoms with Crippen LogP contribution in [0.1, 0.15) is 53.7 Å². The second kappa shape index (κ2) is 7.85. The number of carbonyl (C=O) groups is 1. The van der Waals surface area contributed by atoms with Crippen LogP contribution < -0.4 is 10.1 Å². The molecule has 1 aliphatic rings. The summed E-state index contributed by atoms with van der Waals surface area (Å²) in [6.45, 7) is 8.10. The highest BCUT2D eigenvalue weighted by Crippen LogP contribution is 2.22. The first kappa shape index (κ1) is 18.4. The second-order valence-corrected chi connectivity index (χ2v) is 7.10. The number of benzene rings is 1. The summed E-state index contributed by atoms with van der Waals surface area (Å²) in [5, 5.41) is 2.90. The number of hydrogen-bond donors (Lipinski definition) is 1. The number of rotatable bonds is 5. The van der Waals surface area contributed by atoms with E-state index in [1.807, 2.05) is 39.0 Å². The van der Waals surface area contributed by atoms with Gasteiger partial charge in [-0.3, -0.25) is 4.79 Å². The molecule has 0 aliphatic heterocycles. The molecule has 2 aromatic rings. The van der Waals surface area contributed by atoms with Crippen molar-refractivity contribution in [2.75, 3.05) is 0 Å². The van der Waals surface area contributed by atoms with Gasteiger partial charge in [-0.2, -0.15) is 0 Å². The van der Waals surface area contributed by atoms with Crippen molar-refractivity contribution in [1.82, 2.24) is 15.3 Å². The van der Waals surface area contributed by atoms with E-state index in [4.69, 9.17) is 4.74 Å². The molecule has 1 heterocycles. The molecule has 26 heavy (non-hydrogen) atoms. The predicted molar refractivity (Wildman–Crippen MR) is 101 cm³/mol. The Morgan fingerprint density at radius 2 is 1.96 bits per heavy atom. The monoisotopic (exact) mass is 353 g/mol. The molecule has 1 aromatic heterocycles. The number of aromatic nitrogens is 2. The van der Waals surface area contributed by atoms with Gasteiger partial charge in [0.2, 0.25) is 0 Å². The van der Waals surface area contributed by atoms with Gasteiger partial charge in [0.1, 0.15) is 11.6 Å². The number of amides is 1. The molecule has 0 spiro atoms. The standard InChI is InChI=1S/C21H27N3O2/c1-13-9-10-14(2)19(11-13)26-16(4)21(25)22-12-20-23-15(3)17-7-5-6-8-18(17)24-20/h9-11,16H,5-8,12H2,1-4H3,(H,22,25)/t16-/m0/s1. The van der Waals surface area contributed by atoms with Gasteiger partial charge < -0.3 is 10.1 Å². The normalized spacial score (nSPS) is 14.5. The van der Waals surface area contributed by atoms with Gasteiger partial charge in [-0.1, -0.05) is 12.1 Å². The molecule has 1 aromatic carbocycles. The van der Waals surface area contributed by atoms with E-state index in [1.165, 1.54) is 18.4 Å². The lowest BCUT2D eigenvalue weighted by molar-refractivity contribution is -0.127. The molecule has 0 bridgehead atoms. The van der Waals surface area contributed by atoms with Crippen LogP contribution in [0.3, 0.4) is 0 Å². The lowest BCUT2D eigenvalue weighted by Gasteiger charge is -2.19. The van der Waals surface area contributed by atoms with Crippen molar-refractivity contribution in [3.05, 3.63) is 52.1 Å². The summed E-state index contributed by atoms with van der Waals surface area (Å²) in [6, 6.07) is 5.98. The maximum atomic E-state index is 12.4. The minimum atomic E-state index is -0.575. The van der Waals surface area contributed by atoms with Gasteiger partial charge in [0.05, 0.1) is 6.54 Å². The number of ether oxygens (including phenoxy) is 1. The number of carbonyl (C=O) groups excluding carboxylic acids is 1. The largest absolute Gasteiger partial charge is 0.481 e. The Morgan fingerprint density at radius 1 is 1.19 bits per heavy atom. The molecule has 1 N–H and O–H groups in total. The molecule has 138 valence electrons. The first-order chi connectivity index (χ1) is 12.4. The summed E-state index contributed by atoms with van der Waals surface area (Å²) in [5.41, 5.74) is 5.60. The third-order valence-corrected chi connectivity index (χ3v) is 4.87. The summed E-state index contributed by atoms with van der Waals surface area (Å²) in [4.78, 5) is 21.6. The Balaban J connectivity index is 1.61. The molecule has 5 heteroatoms. The van der Waals surface area contributed by atoms with Gasteiger partial charge in [-0.05, 0) is 76.1 Å². The maximum absolute atomic E-state index is 12.4. The number of hydrogen-bond acceptors (Lipinski definition) is 4. The Morgan fingerprint density at radius 3 is 2.77 bits per heavy atom. The molecule has 0 unspecified atom stereocenters. The van der Waals surface area contributed by atoms with Crippen LogP contribution in [0.25, 0.3) is 0 Å². The molecule has 1 amide bonds. The minimum absolute atomic E-state index is 0.162. The molecule has 1 atom stereocenters. The summed E-state index contributed by atoms with van der Waals surface area (Å²) < 4.78 is 5.84. The van der Waals surface area contributed by atoms with Gasteiger partial charge >= 0.3 is 0 Å². The predicted octanol–water partition coefficient (Wildman–Crippen LogP) is 3.36. The van der Waals surface area contributed by atoms with E-state index in [0.29, 0.717) is 12.4 Å². The van der Waals surface area contributed by atoms with Crippen LogP contribution in [0.15, 0.2) is 18.2 Å². The van der Waals surface area contributed by atoms with Gasteiger partial charge in [0.15, 0.2) is 6.10 Å². The van der Waals surface area contributed by atoms with E-state index in [1.54, 1.807) is 6.92 Å². The molecule has 5 nitrogen and oxygen atoms in total. The van der Waals surface area contributed by atoms with Crippen molar-refractivity contribution >= 4 is 5.91 Å². The summed E-state index contributed by atoms with van der Waals surface area (Å²) >= 11 is 0. The summed E-state index contributed by atoms with van der Waals surface area (Å²) in [7, 11) is 0. The van der Waals surface area contributed by atoms with Crippen molar-refractivity contribution in [2.24, 2.45) is 0 Å². The van der Waals surface area contributed by atoms with Crippen LogP contribution in [0.4, 0.5) is 0 Å². The maximum Gasteiger partial charge on any atom is 0.261 e. The highest BCUT2D eigenvalue weighted by molar-refractivity contribution is 5.80. The SMILES string of the molecule is Cc1ccc(C)c(O[C@@H](C)C(=O)NCc2nc(C)c3c(n2)CCCC3)c1. The van der Waals surface area contributed by atoms with Crippen LogP contribution >= 0.6 is 0 Å². The molecular formula is C21H27N3O2. The molecule has 1 aliphatic carbocycles. The zero-order valence-electron chi connectivity index (χ0n) is 16.1. The Kier molecular flexibility index (Phi) is 5.55. The Hall–Kier alpha value is -2.43. The van der Waals surface area contributed by atoms with E-state index in [9.17, 15) is 4.79 Å². The third-order valence-electron chi connectivity index (χ3n) is 4.87. The van der Waals surface area contributed by atoms with Gasteiger partial charge in [-0.15, -0.1) is 0 Å². The van der Waals surface area contributed by atoms with E-state index >= 15 is 0 Å². The zero-order valence-corrected chi connectivity index (χ0v) is 16.1. The fourth-order valence-corrected chi connectivity index (χ4v) is 3.31. The van der Waals surface area contributed by atoms with E-state index in [-0.39, 0.29) is 5.91 Å². The average molecular weight is 353 g/mol. The molecule has 0 fully saturated rings. The quantitative estimate of drug-likeness (QED) is 0.895. The van der Waals surface area contributed by atoms with Gasteiger partial charge in [0, 0.05) is 11.4 Å². The first-order valence-corrected chi connectivity index (χ1v) is 9.31. The zero-order chi connectivity index (χ0) is 18.7. The van der Waals surface area contributed by atoms with E-state index in [0.717, 1.165) is 41.1 Å². The molecule has 0 saturated carbocycles. The summed E-state index contributed by atoms with van der Waals surface area (Å²) in [5.74, 6) is 1.26. The molecule has 3 rings (SSSR count). The first-order valence-electron chi connectivity index (χ1n) is 9.31. The number of aryl methyl sites for hydroxylation is 4. The highest BCUT2D eigenvalue weighted by atomic mass is 16.5. The van der Waals surface area contributed by atoms with Crippen LogP contribution in [0.2, 0.25) is 0 Å². The molecular weight excluding hydrogens is 326 g/mol. The minimum Gasteiger partial charge on any atom is -0.481 e. The smallest absolute Gasteiger partial charge is 0.261 e. The van der Waals surface area contributed by atoms with Crippen molar-refractivity contribution < 1.29 is 9.53 Å².